The molecular weight excluding hydrogens is 432 g/mol. The van der Waals surface area contributed by atoms with Crippen molar-refractivity contribution in [2.45, 2.75) is 130 Å². The summed E-state index contributed by atoms with van der Waals surface area (Å²) in [6, 6.07) is 0.0703. The minimum absolute atomic E-state index is 0.0703. The van der Waals surface area contributed by atoms with Crippen molar-refractivity contribution < 1.29 is 10.2 Å². The second-order valence-electron chi connectivity index (χ2n) is 14.5. The second-order valence-corrected chi connectivity index (χ2v) is 14.5. The van der Waals surface area contributed by atoms with Crippen molar-refractivity contribution in [3.63, 3.8) is 0 Å². The van der Waals surface area contributed by atoms with Crippen LogP contribution in [0.4, 0.5) is 0 Å². The van der Waals surface area contributed by atoms with E-state index in [2.05, 4.69) is 46.9 Å². The molecule has 0 heterocycles. The van der Waals surface area contributed by atoms with Gasteiger partial charge in [0.2, 0.25) is 0 Å². The fraction of sp³-hybridized carbons (Fsp3) is 1.00. The van der Waals surface area contributed by atoms with Gasteiger partial charge in [0.25, 0.3) is 0 Å². The van der Waals surface area contributed by atoms with E-state index in [1.165, 1.54) is 38.5 Å². The monoisotopic (exact) mass is 490 g/mol. The molecule has 35 heavy (non-hydrogen) atoms. The zero-order valence-electron chi connectivity index (χ0n) is 23.9. The Morgan fingerprint density at radius 1 is 0.971 bits per heavy atom. The molecule has 4 aliphatic rings. The lowest BCUT2D eigenvalue weighted by Gasteiger charge is -2.66. The molecule has 11 atom stereocenters. The van der Waals surface area contributed by atoms with E-state index in [-0.39, 0.29) is 17.6 Å². The van der Waals surface area contributed by atoms with Crippen LogP contribution in [0.5, 0.6) is 0 Å². The van der Waals surface area contributed by atoms with Crippen LogP contribution in [-0.2, 0) is 0 Å². The molecule has 0 bridgehead atoms. The Bertz CT molecular complexity index is 714. The van der Waals surface area contributed by atoms with Crippen molar-refractivity contribution in [1.82, 2.24) is 5.32 Å². The van der Waals surface area contributed by atoms with Crippen LogP contribution in [0, 0.1) is 52.3 Å². The summed E-state index contributed by atoms with van der Waals surface area (Å²) in [5, 5.41) is 26.7. The van der Waals surface area contributed by atoms with Crippen molar-refractivity contribution in [1.29, 1.82) is 0 Å². The van der Waals surface area contributed by atoms with Gasteiger partial charge in [-0.2, -0.15) is 0 Å². The van der Waals surface area contributed by atoms with E-state index in [1.54, 1.807) is 0 Å². The van der Waals surface area contributed by atoms with E-state index >= 15 is 0 Å². The van der Waals surface area contributed by atoms with E-state index in [9.17, 15) is 10.2 Å². The summed E-state index contributed by atoms with van der Waals surface area (Å²) in [5.41, 5.74) is 5.34. The molecule has 0 radical (unpaired) electrons. The smallest absolute Gasteiger partial charge is 0.0880 e. The van der Waals surface area contributed by atoms with Gasteiger partial charge in [0, 0.05) is 17.9 Å². The molecule has 204 valence electrons. The molecule has 0 saturated heterocycles. The molecule has 0 aromatic carbocycles. The van der Waals surface area contributed by atoms with Crippen molar-refractivity contribution in [2.24, 2.45) is 58.0 Å². The number of aliphatic hydroxyl groups is 2. The summed E-state index contributed by atoms with van der Waals surface area (Å²) in [5.74, 6) is 5.31. The molecule has 5 N–H and O–H groups in total. The SMILES string of the molecule is CC(C)[C@H](C)CC[C@@H](C)[C@H]1CC[C@H]2[C@@H]3C[C@@H](NCCCN)[C@@]4(O)C[C@@H](O)CC[C@]4(C)[C@H]3CC[C@]12C. The summed E-state index contributed by atoms with van der Waals surface area (Å²) in [6.45, 7) is 16.3. The Balaban J connectivity index is 1.55. The Morgan fingerprint density at radius 2 is 1.71 bits per heavy atom. The maximum atomic E-state index is 12.3. The van der Waals surface area contributed by atoms with Gasteiger partial charge in [-0.15, -0.1) is 0 Å². The first-order valence-corrected chi connectivity index (χ1v) is 15.3. The lowest BCUT2D eigenvalue weighted by Crippen LogP contribution is -2.71. The van der Waals surface area contributed by atoms with Crippen molar-refractivity contribution >= 4 is 0 Å². The number of nitrogens with two attached hydrogens (primary N) is 1. The molecular formula is C31H58N2O2. The number of rotatable bonds is 9. The first-order valence-electron chi connectivity index (χ1n) is 15.3. The third kappa shape index (κ3) is 4.77. The highest BCUT2D eigenvalue weighted by atomic mass is 16.3. The lowest BCUT2D eigenvalue weighted by molar-refractivity contribution is -0.234. The van der Waals surface area contributed by atoms with E-state index in [0.717, 1.165) is 61.8 Å². The highest BCUT2D eigenvalue weighted by Gasteiger charge is 2.67. The van der Waals surface area contributed by atoms with Gasteiger partial charge in [-0.05, 0) is 111 Å². The average molecular weight is 491 g/mol. The van der Waals surface area contributed by atoms with Crippen LogP contribution in [0.3, 0.4) is 0 Å². The predicted octanol–water partition coefficient (Wildman–Crippen LogP) is 5.75. The average Bonchev–Trinajstić information content (AvgIpc) is 3.16. The fourth-order valence-corrected chi connectivity index (χ4v) is 9.96. The number of aliphatic hydroxyl groups excluding tert-OH is 1. The van der Waals surface area contributed by atoms with Crippen LogP contribution in [0.15, 0.2) is 0 Å². The van der Waals surface area contributed by atoms with E-state index in [1.807, 2.05) is 0 Å². The summed E-state index contributed by atoms with van der Waals surface area (Å²) in [7, 11) is 0. The van der Waals surface area contributed by atoms with Crippen molar-refractivity contribution in [3.8, 4) is 0 Å². The standard InChI is InChI=1S/C31H58N2O2/c1-20(2)21(3)8-9-22(4)25-10-11-26-24-18-28(33-17-7-16-32)31(35)19-23(34)12-15-30(31,6)27(24)13-14-29(25,26)5/h20-28,33-35H,7-19,32H2,1-6H3/t21-,22-,23+,24+,25-,26+,27+,28-,29-,30-,31+/m1/s1. The predicted molar refractivity (Wildman–Crippen MR) is 146 cm³/mol. The fourth-order valence-electron chi connectivity index (χ4n) is 9.96. The minimum atomic E-state index is -0.813. The highest BCUT2D eigenvalue weighted by molar-refractivity contribution is 5.18. The molecule has 0 unspecified atom stereocenters. The summed E-state index contributed by atoms with van der Waals surface area (Å²) < 4.78 is 0. The number of fused-ring (bicyclic) bond motifs is 5. The zero-order valence-corrected chi connectivity index (χ0v) is 23.9. The first-order chi connectivity index (χ1) is 16.5. The zero-order chi connectivity index (χ0) is 25.6. The van der Waals surface area contributed by atoms with Gasteiger partial charge in [-0.25, -0.2) is 0 Å². The molecule has 0 aromatic heterocycles. The summed E-state index contributed by atoms with van der Waals surface area (Å²) >= 11 is 0. The minimum Gasteiger partial charge on any atom is -0.393 e. The molecule has 0 amide bonds. The van der Waals surface area contributed by atoms with E-state index in [4.69, 9.17) is 5.73 Å². The first kappa shape index (κ1) is 27.9. The number of hydrogen-bond donors (Lipinski definition) is 4. The number of hydrogen-bond acceptors (Lipinski definition) is 4. The molecule has 0 aliphatic heterocycles. The molecule has 4 rings (SSSR count). The summed E-state index contributed by atoms with van der Waals surface area (Å²) in [4.78, 5) is 0. The summed E-state index contributed by atoms with van der Waals surface area (Å²) in [6.07, 6.45) is 12.1. The van der Waals surface area contributed by atoms with Crippen LogP contribution >= 0.6 is 0 Å². The molecule has 4 nitrogen and oxygen atoms in total. The third-order valence-corrected chi connectivity index (χ3v) is 12.6. The van der Waals surface area contributed by atoms with Crippen molar-refractivity contribution in [2.75, 3.05) is 13.1 Å². The molecule has 0 aromatic rings. The molecule has 4 heteroatoms. The number of nitrogens with one attached hydrogen (secondary N) is 1. The third-order valence-electron chi connectivity index (χ3n) is 12.6. The Labute approximate surface area is 216 Å². The molecule has 0 spiro atoms. The van der Waals surface area contributed by atoms with Gasteiger partial charge >= 0.3 is 0 Å². The van der Waals surface area contributed by atoms with Gasteiger partial charge < -0.3 is 21.3 Å². The van der Waals surface area contributed by atoms with Gasteiger partial charge in [-0.3, -0.25) is 0 Å². The Hall–Kier alpha value is -0.160. The van der Waals surface area contributed by atoms with Crippen LogP contribution in [0.2, 0.25) is 0 Å². The van der Waals surface area contributed by atoms with Crippen LogP contribution in [0.1, 0.15) is 112 Å². The van der Waals surface area contributed by atoms with Gasteiger partial charge in [0.05, 0.1) is 11.7 Å². The highest BCUT2D eigenvalue weighted by Crippen LogP contribution is 2.69. The van der Waals surface area contributed by atoms with E-state index < -0.39 is 5.60 Å². The lowest BCUT2D eigenvalue weighted by atomic mass is 9.42. The van der Waals surface area contributed by atoms with Gasteiger partial charge in [0.15, 0.2) is 0 Å². The quantitative estimate of drug-likeness (QED) is 0.311. The largest absolute Gasteiger partial charge is 0.393 e. The Kier molecular flexibility index (Phi) is 8.39. The van der Waals surface area contributed by atoms with Crippen LogP contribution < -0.4 is 11.1 Å². The van der Waals surface area contributed by atoms with Crippen LogP contribution in [0.25, 0.3) is 0 Å². The molecule has 4 saturated carbocycles. The van der Waals surface area contributed by atoms with Crippen LogP contribution in [-0.4, -0.2) is 41.0 Å². The Morgan fingerprint density at radius 3 is 2.40 bits per heavy atom. The van der Waals surface area contributed by atoms with Crippen molar-refractivity contribution in [3.05, 3.63) is 0 Å². The maximum absolute atomic E-state index is 12.3. The second kappa shape index (κ2) is 10.5. The maximum Gasteiger partial charge on any atom is 0.0880 e. The molecule has 4 fully saturated rings. The van der Waals surface area contributed by atoms with Gasteiger partial charge in [0.1, 0.15) is 0 Å². The van der Waals surface area contributed by atoms with Gasteiger partial charge in [-0.1, -0.05) is 54.4 Å². The normalized spacial score (nSPS) is 47.1. The topological polar surface area (TPSA) is 78.5 Å². The van der Waals surface area contributed by atoms with E-state index in [0.29, 0.717) is 30.2 Å². The molecule has 4 aliphatic carbocycles.